The number of nitrogens with one attached hydrogen (secondary N) is 1. The van der Waals surface area contributed by atoms with Crippen molar-refractivity contribution < 1.29 is 13.9 Å². The normalized spacial score (nSPS) is 10.5. The number of benzene rings is 1. The van der Waals surface area contributed by atoms with Crippen LogP contribution in [0.2, 0.25) is 0 Å². The van der Waals surface area contributed by atoms with Crippen molar-refractivity contribution in [2.75, 3.05) is 17.7 Å². The molecule has 1 amide bonds. The number of hydrogen-bond donors (Lipinski definition) is 2. The first-order valence-electron chi connectivity index (χ1n) is 6.60. The molecular formula is C15H17FN2O2S. The molecule has 2 rings (SSSR count). The molecule has 1 aromatic carbocycles. The van der Waals surface area contributed by atoms with Crippen LogP contribution >= 0.6 is 11.3 Å². The molecule has 0 unspecified atom stereocenters. The highest BCUT2D eigenvalue weighted by Crippen LogP contribution is 2.17. The summed E-state index contributed by atoms with van der Waals surface area (Å²) >= 11 is 1.63. The summed E-state index contributed by atoms with van der Waals surface area (Å²) < 4.78 is 18.9. The van der Waals surface area contributed by atoms with E-state index in [9.17, 15) is 9.18 Å². The topological polar surface area (TPSA) is 64.3 Å². The highest BCUT2D eigenvalue weighted by atomic mass is 32.1. The summed E-state index contributed by atoms with van der Waals surface area (Å²) in [5.74, 6) is -0.745. The smallest absolute Gasteiger partial charge is 0.224 e. The van der Waals surface area contributed by atoms with Crippen LogP contribution in [0, 0.1) is 5.82 Å². The zero-order valence-corrected chi connectivity index (χ0v) is 12.3. The van der Waals surface area contributed by atoms with Crippen molar-refractivity contribution in [1.29, 1.82) is 0 Å². The van der Waals surface area contributed by atoms with Crippen molar-refractivity contribution in [3.8, 4) is 0 Å². The van der Waals surface area contributed by atoms with Gasteiger partial charge in [-0.3, -0.25) is 4.79 Å². The Morgan fingerprint density at radius 3 is 3.00 bits per heavy atom. The van der Waals surface area contributed by atoms with Gasteiger partial charge in [-0.25, -0.2) is 4.39 Å². The summed E-state index contributed by atoms with van der Waals surface area (Å²) in [7, 11) is 0. The Morgan fingerprint density at radius 1 is 1.38 bits per heavy atom. The number of nitrogens with two attached hydrogens (primary N) is 1. The standard InChI is InChI=1S/C15H17FN2O2S/c16-13-6-5-11(17)9-14(13)18-15(19)4-1-7-20-10-12-3-2-8-21-12/h2-3,5-6,8-9H,1,4,7,10,17H2,(H,18,19). The predicted molar refractivity (Wildman–Crippen MR) is 82.7 cm³/mol. The first-order chi connectivity index (χ1) is 10.1. The molecule has 0 atom stereocenters. The molecule has 1 heterocycles. The van der Waals surface area contributed by atoms with Gasteiger partial charge in [0.15, 0.2) is 0 Å². The summed E-state index contributed by atoms with van der Waals surface area (Å²) in [5.41, 5.74) is 6.07. The monoisotopic (exact) mass is 308 g/mol. The van der Waals surface area contributed by atoms with Gasteiger partial charge in [0.05, 0.1) is 12.3 Å². The van der Waals surface area contributed by atoms with Crippen LogP contribution in [0.15, 0.2) is 35.7 Å². The number of anilines is 2. The lowest BCUT2D eigenvalue weighted by Crippen LogP contribution is -2.13. The van der Waals surface area contributed by atoms with Crippen molar-refractivity contribution in [2.45, 2.75) is 19.4 Å². The van der Waals surface area contributed by atoms with Crippen molar-refractivity contribution in [2.24, 2.45) is 0 Å². The third kappa shape index (κ3) is 5.17. The van der Waals surface area contributed by atoms with Gasteiger partial charge >= 0.3 is 0 Å². The lowest BCUT2D eigenvalue weighted by Gasteiger charge is -2.07. The molecule has 0 aliphatic carbocycles. The van der Waals surface area contributed by atoms with Crippen molar-refractivity contribution in [3.63, 3.8) is 0 Å². The van der Waals surface area contributed by atoms with E-state index in [1.54, 1.807) is 11.3 Å². The molecule has 0 radical (unpaired) electrons. The Labute approximate surface area is 126 Å². The molecule has 0 aliphatic heterocycles. The minimum Gasteiger partial charge on any atom is -0.399 e. The average Bonchev–Trinajstić information content (AvgIpc) is 2.96. The van der Waals surface area contributed by atoms with Gasteiger partial charge in [-0.05, 0) is 36.1 Å². The van der Waals surface area contributed by atoms with E-state index in [0.29, 0.717) is 25.3 Å². The minimum absolute atomic E-state index is 0.111. The van der Waals surface area contributed by atoms with Crippen molar-refractivity contribution >= 4 is 28.6 Å². The van der Waals surface area contributed by atoms with Gasteiger partial charge < -0.3 is 15.8 Å². The first-order valence-corrected chi connectivity index (χ1v) is 7.48. The third-order valence-electron chi connectivity index (χ3n) is 2.78. The number of rotatable bonds is 7. The van der Waals surface area contributed by atoms with E-state index in [1.165, 1.54) is 18.2 Å². The molecule has 0 fully saturated rings. The fraction of sp³-hybridized carbons (Fsp3) is 0.267. The van der Waals surface area contributed by atoms with Crippen LogP contribution in [0.5, 0.6) is 0 Å². The summed E-state index contributed by atoms with van der Waals surface area (Å²) in [4.78, 5) is 12.8. The van der Waals surface area contributed by atoms with E-state index in [0.717, 1.165) is 4.88 Å². The van der Waals surface area contributed by atoms with Crippen LogP contribution in [0.4, 0.5) is 15.8 Å². The van der Waals surface area contributed by atoms with E-state index in [-0.39, 0.29) is 18.0 Å². The van der Waals surface area contributed by atoms with Crippen molar-refractivity contribution in [1.82, 2.24) is 0 Å². The average molecular weight is 308 g/mol. The highest BCUT2D eigenvalue weighted by molar-refractivity contribution is 7.09. The summed E-state index contributed by atoms with van der Waals surface area (Å²) in [5, 5.41) is 4.50. The Bertz CT molecular complexity index is 587. The maximum absolute atomic E-state index is 13.4. The number of ether oxygens (including phenoxy) is 1. The van der Waals surface area contributed by atoms with E-state index < -0.39 is 5.82 Å². The highest BCUT2D eigenvalue weighted by Gasteiger charge is 2.07. The largest absolute Gasteiger partial charge is 0.399 e. The zero-order valence-electron chi connectivity index (χ0n) is 11.5. The molecule has 4 nitrogen and oxygen atoms in total. The number of hydrogen-bond acceptors (Lipinski definition) is 4. The van der Waals surface area contributed by atoms with E-state index in [1.807, 2.05) is 17.5 Å². The Kier molecular flexibility index (Phi) is 5.71. The number of nitrogen functional groups attached to an aromatic ring is 1. The second-order valence-electron chi connectivity index (χ2n) is 4.52. The Hall–Kier alpha value is -1.92. The first kappa shape index (κ1) is 15.5. The molecule has 6 heteroatoms. The predicted octanol–water partition coefficient (Wildman–Crippen LogP) is 3.40. The molecule has 2 aromatic rings. The molecule has 112 valence electrons. The minimum atomic E-state index is -0.494. The van der Waals surface area contributed by atoms with Crippen molar-refractivity contribution in [3.05, 3.63) is 46.4 Å². The van der Waals surface area contributed by atoms with E-state index in [4.69, 9.17) is 10.5 Å². The quantitative estimate of drug-likeness (QED) is 0.608. The van der Waals surface area contributed by atoms with Gasteiger partial charge in [0.1, 0.15) is 5.82 Å². The lowest BCUT2D eigenvalue weighted by atomic mass is 10.2. The van der Waals surface area contributed by atoms with Crippen LogP contribution in [-0.4, -0.2) is 12.5 Å². The third-order valence-corrected chi connectivity index (χ3v) is 3.63. The summed E-state index contributed by atoms with van der Waals surface area (Å²) in [6.45, 7) is 1.05. The van der Waals surface area contributed by atoms with Crippen LogP contribution in [0.3, 0.4) is 0 Å². The van der Waals surface area contributed by atoms with Gasteiger partial charge in [-0.1, -0.05) is 6.07 Å². The molecule has 3 N–H and O–H groups in total. The lowest BCUT2D eigenvalue weighted by molar-refractivity contribution is -0.116. The fourth-order valence-corrected chi connectivity index (χ4v) is 2.39. The van der Waals surface area contributed by atoms with Gasteiger partial charge in [0.25, 0.3) is 0 Å². The zero-order chi connectivity index (χ0) is 15.1. The number of carbonyl (C=O) groups excluding carboxylic acids is 1. The second-order valence-corrected chi connectivity index (χ2v) is 5.56. The number of halogens is 1. The van der Waals surface area contributed by atoms with Crippen LogP contribution in [-0.2, 0) is 16.1 Å². The Balaban J connectivity index is 1.66. The van der Waals surface area contributed by atoms with Crippen LogP contribution < -0.4 is 11.1 Å². The van der Waals surface area contributed by atoms with Gasteiger partial charge in [-0.2, -0.15) is 0 Å². The van der Waals surface area contributed by atoms with Gasteiger partial charge in [0, 0.05) is 23.6 Å². The maximum Gasteiger partial charge on any atom is 0.224 e. The number of amides is 1. The van der Waals surface area contributed by atoms with Crippen LogP contribution in [0.1, 0.15) is 17.7 Å². The molecule has 0 saturated carbocycles. The molecule has 1 aromatic heterocycles. The van der Waals surface area contributed by atoms with Gasteiger partial charge in [0.2, 0.25) is 5.91 Å². The fourth-order valence-electron chi connectivity index (χ4n) is 1.75. The number of carbonyl (C=O) groups is 1. The summed E-state index contributed by atoms with van der Waals surface area (Å²) in [6, 6.07) is 8.05. The summed E-state index contributed by atoms with van der Waals surface area (Å²) in [6.07, 6.45) is 0.861. The molecule has 0 aliphatic rings. The molecule has 0 saturated heterocycles. The molecule has 0 spiro atoms. The second kappa shape index (κ2) is 7.75. The Morgan fingerprint density at radius 2 is 2.24 bits per heavy atom. The SMILES string of the molecule is Nc1ccc(F)c(NC(=O)CCCOCc2cccs2)c1. The molecule has 0 bridgehead atoms. The molecular weight excluding hydrogens is 291 g/mol. The van der Waals surface area contributed by atoms with E-state index >= 15 is 0 Å². The van der Waals surface area contributed by atoms with E-state index in [2.05, 4.69) is 5.32 Å². The van der Waals surface area contributed by atoms with Gasteiger partial charge in [-0.15, -0.1) is 11.3 Å². The molecule has 21 heavy (non-hydrogen) atoms. The number of thiophene rings is 1. The van der Waals surface area contributed by atoms with Crippen LogP contribution in [0.25, 0.3) is 0 Å². The maximum atomic E-state index is 13.4.